The van der Waals surface area contributed by atoms with Crippen LogP contribution in [0, 0.1) is 0 Å². The number of rotatable bonds is 3. The summed E-state index contributed by atoms with van der Waals surface area (Å²) < 4.78 is 7.54. The Bertz CT molecular complexity index is 697. The lowest BCUT2D eigenvalue weighted by Gasteiger charge is -2.08. The highest BCUT2D eigenvalue weighted by atomic mass is 79.9. The summed E-state index contributed by atoms with van der Waals surface area (Å²) in [6.45, 7) is 0.665. The van der Waals surface area contributed by atoms with E-state index in [1.54, 1.807) is 6.07 Å². The molecule has 0 saturated carbocycles. The number of fused-ring (bicyclic) bond motifs is 1. The molecule has 20 heavy (non-hydrogen) atoms. The van der Waals surface area contributed by atoms with Crippen LogP contribution >= 0.6 is 50.5 Å². The molecule has 2 aromatic rings. The van der Waals surface area contributed by atoms with Crippen LogP contribution in [0.1, 0.15) is 21.5 Å². The minimum absolute atomic E-state index is 0.0473. The van der Waals surface area contributed by atoms with Crippen LogP contribution in [0.15, 0.2) is 22.7 Å². The van der Waals surface area contributed by atoms with Gasteiger partial charge in [0.15, 0.2) is 5.78 Å². The smallest absolute Gasteiger partial charge is 0.169 e. The van der Waals surface area contributed by atoms with Gasteiger partial charge in [-0.2, -0.15) is 0 Å². The van der Waals surface area contributed by atoms with E-state index in [2.05, 4.69) is 15.9 Å². The number of Topliss-reactive ketones (excluding diaryl/α,β-unsaturated/α-hetero) is 1. The summed E-state index contributed by atoms with van der Waals surface area (Å²) in [6.07, 6.45) is 1.13. The molecule has 0 aliphatic carbocycles. The fraction of sp³-hybridized carbons (Fsp3) is 0.214. The van der Waals surface area contributed by atoms with E-state index in [4.69, 9.17) is 27.9 Å². The van der Waals surface area contributed by atoms with Gasteiger partial charge in [-0.05, 0) is 23.8 Å². The molecule has 0 amide bonds. The number of carbonyl (C=O) groups is 1. The van der Waals surface area contributed by atoms with Crippen molar-refractivity contribution in [1.82, 2.24) is 0 Å². The van der Waals surface area contributed by atoms with E-state index >= 15 is 0 Å². The number of benzene rings is 1. The zero-order chi connectivity index (χ0) is 14.3. The van der Waals surface area contributed by atoms with Crippen molar-refractivity contribution in [3.05, 3.63) is 48.0 Å². The van der Waals surface area contributed by atoms with Crippen LogP contribution in [0.25, 0.3) is 0 Å². The maximum Gasteiger partial charge on any atom is 0.169 e. The second-order valence-corrected chi connectivity index (χ2v) is 7.69. The van der Waals surface area contributed by atoms with Crippen LogP contribution in [0.5, 0.6) is 5.75 Å². The average Bonchev–Trinajstić information content (AvgIpc) is 2.95. The molecule has 0 unspecified atom stereocenters. The number of halogens is 3. The van der Waals surface area contributed by atoms with Gasteiger partial charge in [0.05, 0.1) is 10.9 Å². The summed E-state index contributed by atoms with van der Waals surface area (Å²) >= 11 is 16.6. The highest BCUT2D eigenvalue weighted by Crippen LogP contribution is 2.36. The van der Waals surface area contributed by atoms with Crippen molar-refractivity contribution in [2.24, 2.45) is 0 Å². The molecule has 0 spiro atoms. The Morgan fingerprint density at radius 2 is 2.15 bits per heavy atom. The van der Waals surface area contributed by atoms with E-state index in [9.17, 15) is 4.79 Å². The van der Waals surface area contributed by atoms with E-state index in [0.29, 0.717) is 20.8 Å². The summed E-state index contributed by atoms with van der Waals surface area (Å²) in [4.78, 5) is 12.4. The van der Waals surface area contributed by atoms with Crippen molar-refractivity contribution in [1.29, 1.82) is 0 Å². The molecule has 0 N–H and O–H groups in total. The molecular weight excluding hydrogens is 383 g/mol. The molecule has 0 atom stereocenters. The first-order chi connectivity index (χ1) is 9.54. The molecule has 0 fully saturated rings. The van der Waals surface area contributed by atoms with Crippen molar-refractivity contribution in [3.8, 4) is 5.75 Å². The summed E-state index contributed by atoms with van der Waals surface area (Å²) in [5.74, 6) is 0.785. The zero-order valence-corrected chi connectivity index (χ0v) is 14.1. The van der Waals surface area contributed by atoms with Crippen LogP contribution < -0.4 is 4.74 Å². The Kier molecular flexibility index (Phi) is 4.09. The zero-order valence-electron chi connectivity index (χ0n) is 10.2. The first kappa shape index (κ1) is 14.4. The van der Waals surface area contributed by atoms with E-state index in [1.165, 1.54) is 11.3 Å². The third kappa shape index (κ3) is 2.75. The topological polar surface area (TPSA) is 26.3 Å². The Morgan fingerprint density at radius 3 is 2.85 bits per heavy atom. The molecule has 2 heterocycles. The van der Waals surface area contributed by atoms with Crippen molar-refractivity contribution >= 4 is 56.3 Å². The van der Waals surface area contributed by atoms with Gasteiger partial charge in [0.1, 0.15) is 10.1 Å². The van der Waals surface area contributed by atoms with Gasteiger partial charge >= 0.3 is 0 Å². The average molecular weight is 392 g/mol. The van der Waals surface area contributed by atoms with Crippen LogP contribution in [0.4, 0.5) is 0 Å². The monoisotopic (exact) mass is 390 g/mol. The largest absolute Gasteiger partial charge is 0.493 e. The molecule has 3 rings (SSSR count). The Morgan fingerprint density at radius 1 is 1.35 bits per heavy atom. The first-order valence-electron chi connectivity index (χ1n) is 5.96. The normalized spacial score (nSPS) is 13.2. The minimum Gasteiger partial charge on any atom is -0.493 e. The predicted molar refractivity (Wildman–Crippen MR) is 85.7 cm³/mol. The number of thiophene rings is 1. The third-order valence-corrected chi connectivity index (χ3v) is 5.08. The van der Waals surface area contributed by atoms with Gasteiger partial charge in [-0.1, -0.05) is 39.1 Å². The van der Waals surface area contributed by atoms with Gasteiger partial charge in [0.25, 0.3) is 0 Å². The molecule has 104 valence electrons. The maximum atomic E-state index is 12.4. The number of carbonyl (C=O) groups excluding carboxylic acids is 1. The molecule has 6 heteroatoms. The maximum absolute atomic E-state index is 12.4. The number of hydrogen-bond acceptors (Lipinski definition) is 3. The first-order valence-corrected chi connectivity index (χ1v) is 8.33. The van der Waals surface area contributed by atoms with E-state index < -0.39 is 0 Å². The van der Waals surface area contributed by atoms with Gasteiger partial charge in [-0.15, -0.1) is 11.3 Å². The van der Waals surface area contributed by atoms with E-state index in [-0.39, 0.29) is 12.2 Å². The number of hydrogen-bond donors (Lipinski definition) is 0. The number of ketones is 1. The summed E-state index contributed by atoms with van der Waals surface area (Å²) in [6, 6.07) is 5.57. The lowest BCUT2D eigenvalue weighted by Crippen LogP contribution is -2.04. The van der Waals surface area contributed by atoms with Crippen molar-refractivity contribution in [2.75, 3.05) is 6.61 Å². The van der Waals surface area contributed by atoms with Crippen molar-refractivity contribution in [3.63, 3.8) is 0 Å². The molecule has 1 aliphatic rings. The second kappa shape index (κ2) is 5.68. The lowest BCUT2D eigenvalue weighted by molar-refractivity contribution is 0.0992. The SMILES string of the molecule is O=C(Cc1cc(Br)cc2c1OCC2)c1cc(Cl)sc1Cl. The standard InChI is InChI=1S/C14H9BrCl2O2S/c15-9-3-7-1-2-19-13(7)8(4-9)5-11(18)10-6-12(16)20-14(10)17/h3-4,6H,1-2,5H2. The molecule has 1 aromatic carbocycles. The molecule has 0 bridgehead atoms. The highest BCUT2D eigenvalue weighted by molar-refractivity contribution is 9.10. The number of ether oxygens (including phenoxy) is 1. The molecular formula is C14H9BrCl2O2S. The molecule has 0 saturated heterocycles. The van der Waals surface area contributed by atoms with Gasteiger partial charge in [0, 0.05) is 28.4 Å². The summed E-state index contributed by atoms with van der Waals surface area (Å²) in [7, 11) is 0. The van der Waals surface area contributed by atoms with Crippen LogP contribution in [0.2, 0.25) is 8.67 Å². The van der Waals surface area contributed by atoms with Crippen molar-refractivity contribution in [2.45, 2.75) is 12.8 Å². The minimum atomic E-state index is -0.0473. The van der Waals surface area contributed by atoms with Crippen LogP contribution in [0.3, 0.4) is 0 Å². The Hall–Kier alpha value is -0.550. The fourth-order valence-corrected chi connectivity index (χ4v) is 4.33. The van der Waals surface area contributed by atoms with Crippen LogP contribution in [-0.2, 0) is 12.8 Å². The quantitative estimate of drug-likeness (QED) is 0.674. The van der Waals surface area contributed by atoms with E-state index in [1.807, 2.05) is 12.1 Å². The fourth-order valence-electron chi connectivity index (χ4n) is 2.28. The van der Waals surface area contributed by atoms with Gasteiger partial charge in [0.2, 0.25) is 0 Å². The second-order valence-electron chi connectivity index (χ2n) is 4.49. The Balaban J connectivity index is 1.92. The highest BCUT2D eigenvalue weighted by Gasteiger charge is 2.21. The third-order valence-electron chi connectivity index (χ3n) is 3.13. The molecule has 2 nitrogen and oxygen atoms in total. The molecule has 1 aromatic heterocycles. The predicted octanol–water partition coefficient (Wildman–Crippen LogP) is 5.18. The molecule has 1 aliphatic heterocycles. The van der Waals surface area contributed by atoms with Gasteiger partial charge in [-0.3, -0.25) is 4.79 Å². The van der Waals surface area contributed by atoms with Gasteiger partial charge < -0.3 is 4.74 Å². The van der Waals surface area contributed by atoms with E-state index in [0.717, 1.165) is 27.8 Å². The van der Waals surface area contributed by atoms with Crippen LogP contribution in [-0.4, -0.2) is 12.4 Å². The lowest BCUT2D eigenvalue weighted by atomic mass is 10.0. The Labute approximate surface area is 138 Å². The molecule has 0 radical (unpaired) electrons. The summed E-state index contributed by atoms with van der Waals surface area (Å²) in [5.41, 5.74) is 2.50. The summed E-state index contributed by atoms with van der Waals surface area (Å²) in [5, 5.41) is 0. The van der Waals surface area contributed by atoms with Gasteiger partial charge in [-0.25, -0.2) is 0 Å². The van der Waals surface area contributed by atoms with Crippen molar-refractivity contribution < 1.29 is 9.53 Å².